The molecule has 254 valence electrons. The average molecular weight is 718 g/mol. The number of nitriles is 2. The van der Waals surface area contributed by atoms with Gasteiger partial charge in [-0.1, -0.05) is 66.7 Å². The predicted molar refractivity (Wildman–Crippen MR) is 226 cm³/mol. The van der Waals surface area contributed by atoms with Crippen molar-refractivity contribution in [3.8, 4) is 45.8 Å². The summed E-state index contributed by atoms with van der Waals surface area (Å²) >= 11 is 1.82. The topological polar surface area (TPSA) is 70.3 Å². The first-order chi connectivity index (χ1) is 27.2. The Morgan fingerprint density at radius 2 is 1.05 bits per heavy atom. The van der Waals surface area contributed by atoms with Crippen molar-refractivity contribution < 1.29 is 0 Å². The molecule has 0 atom stereocenters. The van der Waals surface area contributed by atoms with Crippen molar-refractivity contribution in [3.63, 3.8) is 0 Å². The van der Waals surface area contributed by atoms with Gasteiger partial charge >= 0.3 is 0 Å². The average Bonchev–Trinajstić information content (AvgIpc) is 3.91. The van der Waals surface area contributed by atoms with E-state index in [9.17, 15) is 10.5 Å². The summed E-state index contributed by atoms with van der Waals surface area (Å²) in [5, 5.41) is 25.0. The molecular formula is C49H27N5S. The largest absolute Gasteiger partial charge is 0.309 e. The van der Waals surface area contributed by atoms with Gasteiger partial charge in [-0.3, -0.25) is 4.98 Å². The molecule has 0 aliphatic rings. The minimum atomic E-state index is 0.588. The summed E-state index contributed by atoms with van der Waals surface area (Å²) in [6.07, 6.45) is 1.88. The zero-order valence-corrected chi connectivity index (χ0v) is 30.0. The first-order valence-electron chi connectivity index (χ1n) is 18.1. The van der Waals surface area contributed by atoms with Gasteiger partial charge < -0.3 is 9.13 Å². The van der Waals surface area contributed by atoms with Crippen LogP contribution in [0.25, 0.3) is 97.5 Å². The zero-order chi connectivity index (χ0) is 36.6. The second kappa shape index (κ2) is 12.0. The number of aromatic nitrogens is 3. The number of rotatable bonds is 4. The van der Waals surface area contributed by atoms with Crippen LogP contribution in [0.3, 0.4) is 0 Å². The number of thiophene rings is 1. The fourth-order valence-corrected chi connectivity index (χ4v) is 9.65. The van der Waals surface area contributed by atoms with Gasteiger partial charge in [0.1, 0.15) is 0 Å². The molecule has 4 heterocycles. The number of benzene rings is 7. The van der Waals surface area contributed by atoms with Crippen molar-refractivity contribution in [2.75, 3.05) is 0 Å². The van der Waals surface area contributed by atoms with Crippen LogP contribution in [0.15, 0.2) is 164 Å². The van der Waals surface area contributed by atoms with Crippen molar-refractivity contribution in [1.29, 1.82) is 10.5 Å². The molecule has 0 saturated heterocycles. The van der Waals surface area contributed by atoms with E-state index < -0.39 is 0 Å². The summed E-state index contributed by atoms with van der Waals surface area (Å²) in [6.45, 7) is 0. The van der Waals surface area contributed by atoms with Crippen LogP contribution in [-0.2, 0) is 0 Å². The highest BCUT2D eigenvalue weighted by molar-refractivity contribution is 7.26. The molecule has 5 nitrogen and oxygen atoms in total. The van der Waals surface area contributed by atoms with Crippen LogP contribution in [-0.4, -0.2) is 14.1 Å². The summed E-state index contributed by atoms with van der Waals surface area (Å²) in [5.41, 5.74) is 13.1. The predicted octanol–water partition coefficient (Wildman–Crippen LogP) is 12.7. The van der Waals surface area contributed by atoms with Gasteiger partial charge in [-0.2, -0.15) is 10.5 Å². The van der Waals surface area contributed by atoms with Crippen molar-refractivity contribution in [2.45, 2.75) is 0 Å². The Labute approximate surface area is 319 Å². The van der Waals surface area contributed by atoms with Gasteiger partial charge in [0, 0.05) is 49.2 Å². The van der Waals surface area contributed by atoms with E-state index in [-0.39, 0.29) is 0 Å². The maximum absolute atomic E-state index is 9.69. The third kappa shape index (κ3) is 4.66. The first kappa shape index (κ1) is 31.1. The van der Waals surface area contributed by atoms with E-state index in [1.165, 1.54) is 36.6 Å². The molecule has 11 aromatic rings. The third-order valence-electron chi connectivity index (χ3n) is 10.8. The van der Waals surface area contributed by atoms with E-state index in [1.807, 2.05) is 60.0 Å². The van der Waals surface area contributed by atoms with Gasteiger partial charge in [-0.25, -0.2) is 0 Å². The molecule has 0 aliphatic heterocycles. The lowest BCUT2D eigenvalue weighted by atomic mass is 9.94. The monoisotopic (exact) mass is 717 g/mol. The Morgan fingerprint density at radius 3 is 1.71 bits per heavy atom. The summed E-state index contributed by atoms with van der Waals surface area (Å²) in [7, 11) is 0. The van der Waals surface area contributed by atoms with Gasteiger partial charge in [-0.15, -0.1) is 11.3 Å². The van der Waals surface area contributed by atoms with Gasteiger partial charge in [0.2, 0.25) is 0 Å². The van der Waals surface area contributed by atoms with Crippen LogP contribution >= 0.6 is 11.3 Å². The number of fused-ring (bicyclic) bond motifs is 10. The molecule has 0 radical (unpaired) electrons. The second-order valence-corrected chi connectivity index (χ2v) is 14.9. The molecule has 55 heavy (non-hydrogen) atoms. The first-order valence-corrected chi connectivity index (χ1v) is 18.9. The summed E-state index contributed by atoms with van der Waals surface area (Å²) in [5.74, 6) is 0. The van der Waals surface area contributed by atoms with Gasteiger partial charge in [0.25, 0.3) is 0 Å². The zero-order valence-electron chi connectivity index (χ0n) is 29.2. The molecule has 0 bridgehead atoms. The standard InChI is InChI=1S/C49H27N5S/c50-28-30-17-20-43-40(24-30)41-25-31(29-51)18-21-44(41)53(43)34-10-5-8-32(26-34)36-12-1-2-13-37(36)33-9-6-11-35(27-33)54-42-15-4-3-14-38(42)47-45(54)22-19-39-48-46(55-49(39)47)16-7-23-52-48/h1-27H. The summed E-state index contributed by atoms with van der Waals surface area (Å²) in [6, 6.07) is 59.5. The second-order valence-electron chi connectivity index (χ2n) is 13.8. The molecule has 0 unspecified atom stereocenters. The minimum absolute atomic E-state index is 0.588. The highest BCUT2D eigenvalue weighted by Crippen LogP contribution is 2.43. The van der Waals surface area contributed by atoms with E-state index >= 15 is 0 Å². The van der Waals surface area contributed by atoms with Crippen LogP contribution < -0.4 is 0 Å². The number of hydrogen-bond donors (Lipinski definition) is 0. The van der Waals surface area contributed by atoms with Crippen LogP contribution in [0.5, 0.6) is 0 Å². The molecule has 7 aromatic carbocycles. The van der Waals surface area contributed by atoms with Crippen molar-refractivity contribution >= 4 is 75.3 Å². The van der Waals surface area contributed by atoms with Crippen LogP contribution in [0, 0.1) is 22.7 Å². The van der Waals surface area contributed by atoms with Crippen molar-refractivity contribution in [2.24, 2.45) is 0 Å². The highest BCUT2D eigenvalue weighted by atomic mass is 32.1. The molecule has 0 saturated carbocycles. The van der Waals surface area contributed by atoms with Crippen molar-refractivity contribution in [1.82, 2.24) is 14.1 Å². The van der Waals surface area contributed by atoms with E-state index in [1.54, 1.807) is 0 Å². The Hall–Kier alpha value is -7.51. The number of para-hydroxylation sites is 1. The quantitative estimate of drug-likeness (QED) is 0.182. The lowest BCUT2D eigenvalue weighted by Gasteiger charge is -2.15. The van der Waals surface area contributed by atoms with Gasteiger partial charge in [0.15, 0.2) is 0 Å². The van der Waals surface area contributed by atoms with E-state index in [0.717, 1.165) is 61.0 Å². The molecular weight excluding hydrogens is 691 g/mol. The lowest BCUT2D eigenvalue weighted by molar-refractivity contribution is 1.18. The molecule has 0 fully saturated rings. The molecule has 4 aromatic heterocycles. The Morgan fingerprint density at radius 1 is 0.473 bits per heavy atom. The normalized spacial score (nSPS) is 11.6. The Kier molecular flexibility index (Phi) is 6.78. The number of hydrogen-bond acceptors (Lipinski definition) is 4. The maximum Gasteiger partial charge on any atom is 0.0991 e. The highest BCUT2D eigenvalue weighted by Gasteiger charge is 2.19. The molecule has 0 aliphatic carbocycles. The molecule has 0 N–H and O–H groups in total. The third-order valence-corrected chi connectivity index (χ3v) is 12.0. The fourth-order valence-electron chi connectivity index (χ4n) is 8.44. The fraction of sp³-hybridized carbons (Fsp3) is 0. The molecule has 0 amide bonds. The van der Waals surface area contributed by atoms with E-state index in [0.29, 0.717) is 11.1 Å². The summed E-state index contributed by atoms with van der Waals surface area (Å²) in [4.78, 5) is 4.74. The van der Waals surface area contributed by atoms with E-state index in [2.05, 4.69) is 137 Å². The van der Waals surface area contributed by atoms with Crippen molar-refractivity contribution in [3.05, 3.63) is 175 Å². The SMILES string of the molecule is N#Cc1ccc2c(c1)c1cc(C#N)ccc1n2-c1cccc(-c2ccccc2-c2cccc(-n3c4ccccc4c4c5sc6cccnc6c5ccc43)c2)c1. The minimum Gasteiger partial charge on any atom is -0.309 e. The Balaban J connectivity index is 1.07. The van der Waals surface area contributed by atoms with Gasteiger partial charge in [-0.05, 0) is 113 Å². The van der Waals surface area contributed by atoms with E-state index in [4.69, 9.17) is 4.98 Å². The van der Waals surface area contributed by atoms with Crippen LogP contribution in [0.4, 0.5) is 0 Å². The van der Waals surface area contributed by atoms with Crippen LogP contribution in [0.1, 0.15) is 11.1 Å². The summed E-state index contributed by atoms with van der Waals surface area (Å²) < 4.78 is 7.09. The van der Waals surface area contributed by atoms with Crippen LogP contribution in [0.2, 0.25) is 0 Å². The Bertz CT molecular complexity index is 3400. The maximum atomic E-state index is 9.69. The number of pyridine rings is 1. The smallest absolute Gasteiger partial charge is 0.0991 e. The molecule has 0 spiro atoms. The molecule has 11 rings (SSSR count). The molecule has 6 heteroatoms. The number of nitrogens with zero attached hydrogens (tertiary/aromatic N) is 5. The lowest BCUT2D eigenvalue weighted by Crippen LogP contribution is -1.96. The van der Waals surface area contributed by atoms with Gasteiger partial charge in [0.05, 0.1) is 55.5 Å².